The van der Waals surface area contributed by atoms with Crippen molar-refractivity contribution in [1.82, 2.24) is 4.72 Å². The van der Waals surface area contributed by atoms with E-state index in [-0.39, 0.29) is 10.9 Å². The van der Waals surface area contributed by atoms with Crippen molar-refractivity contribution < 1.29 is 13.2 Å². The third kappa shape index (κ3) is 3.74. The molecule has 0 aromatic heterocycles. The van der Waals surface area contributed by atoms with Crippen molar-refractivity contribution in [2.75, 3.05) is 7.11 Å². The van der Waals surface area contributed by atoms with E-state index < -0.39 is 10.0 Å². The summed E-state index contributed by atoms with van der Waals surface area (Å²) in [5, 5.41) is 0. The second kappa shape index (κ2) is 6.34. The summed E-state index contributed by atoms with van der Waals surface area (Å²) in [6.45, 7) is 2.03. The number of sulfonamides is 1. The van der Waals surface area contributed by atoms with Gasteiger partial charge in [-0.25, -0.2) is 13.1 Å². The van der Waals surface area contributed by atoms with E-state index in [2.05, 4.69) is 4.72 Å². The first-order valence-electron chi connectivity index (χ1n) is 7.72. The fourth-order valence-electron chi connectivity index (χ4n) is 2.63. The smallest absolute Gasteiger partial charge is 0.241 e. The zero-order valence-electron chi connectivity index (χ0n) is 13.3. The van der Waals surface area contributed by atoms with Crippen molar-refractivity contribution >= 4 is 10.0 Å². The maximum Gasteiger partial charge on any atom is 0.241 e. The first kappa shape index (κ1) is 16.0. The molecule has 1 aliphatic rings. The molecule has 0 heterocycles. The predicted molar refractivity (Wildman–Crippen MR) is 90.0 cm³/mol. The second-order valence-electron chi connectivity index (χ2n) is 6.02. The molecule has 1 fully saturated rings. The lowest BCUT2D eigenvalue weighted by atomic mass is 10.0. The molecule has 4 nitrogen and oxygen atoms in total. The Hall–Kier alpha value is -1.85. The van der Waals surface area contributed by atoms with Gasteiger partial charge in [0.15, 0.2) is 0 Å². The molecule has 1 atom stereocenters. The van der Waals surface area contributed by atoms with Crippen LogP contribution in [-0.4, -0.2) is 15.5 Å². The fraction of sp³-hybridized carbons (Fsp3) is 0.333. The molecule has 0 radical (unpaired) electrons. The third-order valence-corrected chi connectivity index (χ3v) is 5.64. The molecule has 0 unspecified atom stereocenters. The van der Waals surface area contributed by atoms with Gasteiger partial charge in [-0.05, 0) is 55.5 Å². The van der Waals surface area contributed by atoms with Crippen LogP contribution in [0.1, 0.15) is 30.0 Å². The molecule has 1 N–H and O–H groups in total. The molecule has 2 aromatic rings. The van der Waals surface area contributed by atoms with Crippen LogP contribution >= 0.6 is 0 Å². The summed E-state index contributed by atoms with van der Waals surface area (Å²) in [6.07, 6.45) is 2.12. The molecular formula is C18H21NO3S. The molecule has 0 aliphatic heterocycles. The molecule has 122 valence electrons. The van der Waals surface area contributed by atoms with E-state index in [0.717, 1.165) is 18.4 Å². The lowest BCUT2D eigenvalue weighted by Gasteiger charge is -2.19. The second-order valence-corrected chi connectivity index (χ2v) is 7.74. The minimum Gasteiger partial charge on any atom is -0.497 e. The SMILES string of the molecule is COc1ccc(S(=O)(=O)N[C@H](c2ccc(C)cc2)C2CC2)cc1. The summed E-state index contributed by atoms with van der Waals surface area (Å²) in [4.78, 5) is 0.260. The van der Waals surface area contributed by atoms with Crippen molar-refractivity contribution in [3.05, 3.63) is 59.7 Å². The summed E-state index contributed by atoms with van der Waals surface area (Å²) < 4.78 is 33.3. The molecule has 1 aliphatic carbocycles. The summed E-state index contributed by atoms with van der Waals surface area (Å²) in [5.74, 6) is 1.02. The van der Waals surface area contributed by atoms with Crippen molar-refractivity contribution in [3.8, 4) is 5.75 Å². The Morgan fingerprint density at radius 2 is 1.65 bits per heavy atom. The predicted octanol–water partition coefficient (Wildman–Crippen LogP) is 3.43. The van der Waals surface area contributed by atoms with Crippen molar-refractivity contribution in [1.29, 1.82) is 0 Å². The number of hydrogen-bond donors (Lipinski definition) is 1. The van der Waals surface area contributed by atoms with Crippen LogP contribution in [0.5, 0.6) is 5.75 Å². The van der Waals surface area contributed by atoms with Gasteiger partial charge in [-0.2, -0.15) is 0 Å². The van der Waals surface area contributed by atoms with Gasteiger partial charge in [-0.15, -0.1) is 0 Å². The Kier molecular flexibility index (Phi) is 4.41. The highest BCUT2D eigenvalue weighted by Crippen LogP contribution is 2.41. The number of ether oxygens (including phenoxy) is 1. The highest BCUT2D eigenvalue weighted by atomic mass is 32.2. The van der Waals surface area contributed by atoms with Gasteiger partial charge in [0, 0.05) is 6.04 Å². The van der Waals surface area contributed by atoms with Crippen molar-refractivity contribution in [3.63, 3.8) is 0 Å². The number of aryl methyl sites for hydroxylation is 1. The summed E-state index contributed by atoms with van der Waals surface area (Å²) in [5.41, 5.74) is 2.19. The quantitative estimate of drug-likeness (QED) is 0.882. The van der Waals surface area contributed by atoms with Gasteiger partial charge in [0.2, 0.25) is 10.0 Å². The van der Waals surface area contributed by atoms with E-state index in [1.54, 1.807) is 31.4 Å². The third-order valence-electron chi connectivity index (χ3n) is 4.18. The van der Waals surface area contributed by atoms with Crippen LogP contribution in [0.2, 0.25) is 0 Å². The van der Waals surface area contributed by atoms with Gasteiger partial charge in [0.05, 0.1) is 12.0 Å². The number of benzene rings is 2. The first-order valence-corrected chi connectivity index (χ1v) is 9.21. The summed E-state index contributed by atoms with van der Waals surface area (Å²) in [6, 6.07) is 14.4. The average molecular weight is 331 g/mol. The zero-order chi connectivity index (χ0) is 16.4. The Morgan fingerprint density at radius 1 is 1.04 bits per heavy atom. The van der Waals surface area contributed by atoms with E-state index in [4.69, 9.17) is 4.74 Å². The number of nitrogens with one attached hydrogen (secondary N) is 1. The monoisotopic (exact) mass is 331 g/mol. The Bertz CT molecular complexity index is 763. The van der Waals surface area contributed by atoms with E-state index in [1.807, 2.05) is 31.2 Å². The maximum absolute atomic E-state index is 12.7. The van der Waals surface area contributed by atoms with Crippen LogP contribution in [0, 0.1) is 12.8 Å². The van der Waals surface area contributed by atoms with Crippen molar-refractivity contribution in [2.45, 2.75) is 30.7 Å². The number of hydrogen-bond acceptors (Lipinski definition) is 3. The van der Waals surface area contributed by atoms with Crippen LogP contribution in [-0.2, 0) is 10.0 Å². The van der Waals surface area contributed by atoms with Crippen LogP contribution in [0.25, 0.3) is 0 Å². The molecule has 5 heteroatoms. The molecule has 0 spiro atoms. The Labute approximate surface area is 137 Å². The molecule has 2 aromatic carbocycles. The van der Waals surface area contributed by atoms with Crippen LogP contribution in [0.3, 0.4) is 0 Å². The van der Waals surface area contributed by atoms with Gasteiger partial charge in [-0.1, -0.05) is 29.8 Å². The summed E-state index contributed by atoms with van der Waals surface area (Å²) >= 11 is 0. The van der Waals surface area contributed by atoms with E-state index in [9.17, 15) is 8.42 Å². The lowest BCUT2D eigenvalue weighted by Crippen LogP contribution is -2.30. The molecule has 0 saturated heterocycles. The molecule has 0 bridgehead atoms. The largest absolute Gasteiger partial charge is 0.497 e. The molecule has 3 rings (SSSR count). The van der Waals surface area contributed by atoms with Gasteiger partial charge in [-0.3, -0.25) is 0 Å². The fourth-order valence-corrected chi connectivity index (χ4v) is 3.92. The minimum atomic E-state index is -3.55. The van der Waals surface area contributed by atoms with Crippen LogP contribution in [0.4, 0.5) is 0 Å². The van der Waals surface area contributed by atoms with E-state index in [0.29, 0.717) is 11.7 Å². The van der Waals surface area contributed by atoms with Crippen LogP contribution < -0.4 is 9.46 Å². The van der Waals surface area contributed by atoms with E-state index in [1.165, 1.54) is 5.56 Å². The molecule has 1 saturated carbocycles. The first-order chi connectivity index (χ1) is 11.0. The molecule has 23 heavy (non-hydrogen) atoms. The number of rotatable bonds is 6. The Balaban J connectivity index is 1.85. The van der Waals surface area contributed by atoms with Crippen molar-refractivity contribution in [2.24, 2.45) is 5.92 Å². The van der Waals surface area contributed by atoms with E-state index >= 15 is 0 Å². The minimum absolute atomic E-state index is 0.164. The van der Waals surface area contributed by atoms with Gasteiger partial charge < -0.3 is 4.74 Å². The molecular weight excluding hydrogens is 310 g/mol. The number of methoxy groups -OCH3 is 1. The maximum atomic E-state index is 12.7. The average Bonchev–Trinajstić information content (AvgIpc) is 3.38. The highest BCUT2D eigenvalue weighted by molar-refractivity contribution is 7.89. The highest BCUT2D eigenvalue weighted by Gasteiger charge is 2.35. The summed E-state index contributed by atoms with van der Waals surface area (Å²) in [7, 11) is -2.00. The van der Waals surface area contributed by atoms with Gasteiger partial charge in [0.25, 0.3) is 0 Å². The van der Waals surface area contributed by atoms with Gasteiger partial charge in [0.1, 0.15) is 5.75 Å². The standard InChI is InChI=1S/C18H21NO3S/c1-13-3-5-14(6-4-13)18(15-7-8-15)19-23(20,21)17-11-9-16(22-2)10-12-17/h3-6,9-12,15,18-19H,7-8H2,1-2H3/t18-/m1/s1. The zero-order valence-corrected chi connectivity index (χ0v) is 14.1. The molecule has 0 amide bonds. The van der Waals surface area contributed by atoms with Gasteiger partial charge >= 0.3 is 0 Å². The van der Waals surface area contributed by atoms with Crippen LogP contribution in [0.15, 0.2) is 53.4 Å². The normalized spacial score (nSPS) is 16.1. The Morgan fingerprint density at radius 3 is 2.17 bits per heavy atom. The topological polar surface area (TPSA) is 55.4 Å². The lowest BCUT2D eigenvalue weighted by molar-refractivity contribution is 0.414.